The number of pyridine rings is 1. The number of amides is 1. The first kappa shape index (κ1) is 79.6. The van der Waals surface area contributed by atoms with Crippen LogP contribution < -0.4 is 61.2 Å². The number of hydrogen-bond acceptors (Lipinski definition) is 18. The van der Waals surface area contributed by atoms with Crippen LogP contribution in [-0.2, 0) is 29.1 Å². The van der Waals surface area contributed by atoms with Crippen molar-refractivity contribution >= 4 is 57.9 Å². The summed E-state index contributed by atoms with van der Waals surface area (Å²) in [5, 5.41) is 7.99. The summed E-state index contributed by atoms with van der Waals surface area (Å²) in [6.45, 7) is 14.1. The van der Waals surface area contributed by atoms with Crippen LogP contribution in [0, 0.1) is 29.1 Å². The standard InChI is InChI=1S/C16H15FN2O4.C14H10ClFN2O3.C14H11FN2O4.C13H11FN2O4.C12H9ClFN3O2/c1-3-9-18-10-13(15(21)23-4-2)14(20)19(16(18)22)12-7-5-11(17)6-8-12;1-2-7-17-8-11(12(15)19)13(20)18(14(17)21)10-5-3-9(16)4-6-10;1-2-7-16-8-11(13(19)20)12(18)17(14(16)21)10-5-3-9(15)4-6-10;1-2-20-12(18)10-7-15-13(19)16(11(10)17)9-5-3-8(14)4-6-9;13-10-9(3-4-17-11(10)12(16)18)19-8-2-1-6(15)5-7(8)14/h3,5-8,10H,1,4,9H2,2H3;2-6,8H,1,7H2;2-6,8H,1,7H2,(H,19,20);3-7H,2H2,1H3,(H,15,19);1-5H,15H2,(H2,16,18). The Morgan fingerprint density at radius 3 is 1.27 bits per heavy atom. The van der Waals surface area contributed by atoms with Gasteiger partial charge >= 0.3 is 40.7 Å². The van der Waals surface area contributed by atoms with E-state index in [1.165, 1.54) is 91.2 Å². The van der Waals surface area contributed by atoms with Gasteiger partial charge < -0.3 is 35.8 Å². The minimum Gasteiger partial charge on any atom is -0.477 e. The first-order chi connectivity index (χ1) is 49.4. The van der Waals surface area contributed by atoms with Gasteiger partial charge in [-0.15, -0.1) is 19.7 Å². The number of carbonyl (C=O) groups is 5. The molecule has 104 heavy (non-hydrogen) atoms. The van der Waals surface area contributed by atoms with Gasteiger partial charge in [0.1, 0.15) is 62.0 Å². The number of hydrogen-bond donors (Lipinski definition) is 4. The number of aromatic amines is 1. The number of benzene rings is 5. The summed E-state index contributed by atoms with van der Waals surface area (Å²) in [7, 11) is 0. The van der Waals surface area contributed by atoms with Gasteiger partial charge in [-0.2, -0.15) is 0 Å². The molecule has 5 aromatic carbocycles. The lowest BCUT2D eigenvalue weighted by Crippen LogP contribution is -2.41. The summed E-state index contributed by atoms with van der Waals surface area (Å²) < 4.78 is 86.5. The van der Waals surface area contributed by atoms with Gasteiger partial charge in [-0.05, 0) is 135 Å². The molecule has 0 aliphatic heterocycles. The third-order valence-electron chi connectivity index (χ3n) is 13.5. The van der Waals surface area contributed by atoms with Gasteiger partial charge in [-0.3, -0.25) is 42.5 Å². The number of nitrogens with one attached hydrogen (secondary N) is 1. The number of carboxylic acid groups (broad SMARTS) is 1. The number of H-pyrrole nitrogens is 1. The van der Waals surface area contributed by atoms with Crippen LogP contribution in [0.5, 0.6) is 11.5 Å². The second kappa shape index (κ2) is 36.6. The molecule has 10 aromatic rings. The Kier molecular flexibility index (Phi) is 28.0. The lowest BCUT2D eigenvalue weighted by atomic mass is 10.2. The number of halogens is 7. The van der Waals surface area contributed by atoms with E-state index in [0.29, 0.717) is 4.57 Å². The van der Waals surface area contributed by atoms with Crippen molar-refractivity contribution in [1.82, 2.24) is 41.9 Å². The molecule has 0 bridgehead atoms. The van der Waals surface area contributed by atoms with Gasteiger partial charge in [0.25, 0.3) is 33.4 Å². The summed E-state index contributed by atoms with van der Waals surface area (Å²) in [5.74, 6) is -6.59. The minimum absolute atomic E-state index is 0.0423. The fourth-order valence-corrected chi connectivity index (χ4v) is 9.12. The Balaban J connectivity index is 0.000000204. The van der Waals surface area contributed by atoms with Gasteiger partial charge in [-0.1, -0.05) is 29.8 Å². The molecule has 0 aliphatic rings. The SMILES string of the molecule is C=CCn1cc(C(=O)Cl)c(=O)n(-c2ccc(F)cc2)c1=O.C=CCn1cc(C(=O)O)c(=O)n(-c2ccc(F)cc2)c1=O.C=CCn1cc(C(=O)OCC)c(=O)n(-c2ccc(F)cc2)c1=O.CCOC(=O)c1c[nH]c(=O)n(-c2ccc(F)cc2)c1=O.NC(=O)c1nccc(Oc2ccc(N)cc2F)c1Cl. The number of anilines is 1. The Morgan fingerprint density at radius 1 is 0.529 bits per heavy atom. The number of nitrogens with two attached hydrogens (primary N) is 2. The van der Waals surface area contributed by atoms with Crippen LogP contribution in [0.2, 0.25) is 5.02 Å². The Hall–Kier alpha value is -13.4. The topological polar surface area (TPSA) is 385 Å². The number of ether oxygens (including phenoxy) is 3. The van der Waals surface area contributed by atoms with Crippen molar-refractivity contribution in [3.63, 3.8) is 0 Å². The van der Waals surface area contributed by atoms with E-state index in [-0.39, 0.29) is 100 Å². The van der Waals surface area contributed by atoms with Crippen LogP contribution in [-0.4, -0.2) is 89.3 Å². The van der Waals surface area contributed by atoms with Crippen molar-refractivity contribution in [2.45, 2.75) is 33.5 Å². The van der Waals surface area contributed by atoms with Crippen molar-refractivity contribution < 1.29 is 65.2 Å². The molecule has 28 nitrogen and oxygen atoms in total. The largest absolute Gasteiger partial charge is 0.477 e. The molecule has 6 N–H and O–H groups in total. The molecular weight excluding hydrogens is 1420 g/mol. The smallest absolute Gasteiger partial charge is 0.345 e. The third-order valence-corrected chi connectivity index (χ3v) is 14.0. The highest BCUT2D eigenvalue weighted by Gasteiger charge is 2.23. The summed E-state index contributed by atoms with van der Waals surface area (Å²) in [6, 6.07) is 24.2. The van der Waals surface area contributed by atoms with E-state index in [1.807, 2.05) is 0 Å². The van der Waals surface area contributed by atoms with E-state index >= 15 is 0 Å². The Morgan fingerprint density at radius 2 is 0.894 bits per heavy atom. The van der Waals surface area contributed by atoms with Crippen LogP contribution in [0.4, 0.5) is 27.6 Å². The number of esters is 2. The molecule has 0 atom stereocenters. The predicted molar refractivity (Wildman–Crippen MR) is 370 cm³/mol. The molecule has 0 saturated heterocycles. The number of aromatic carboxylic acids is 1. The maximum atomic E-state index is 13.6. The van der Waals surface area contributed by atoms with E-state index in [0.717, 1.165) is 107 Å². The molecular formula is C69H56Cl2F5N11O17. The van der Waals surface area contributed by atoms with Crippen LogP contribution in [0.25, 0.3) is 22.7 Å². The highest BCUT2D eigenvalue weighted by molar-refractivity contribution is 6.67. The maximum absolute atomic E-state index is 13.6. The van der Waals surface area contributed by atoms with Gasteiger partial charge in [0.15, 0.2) is 11.6 Å². The molecule has 0 saturated carbocycles. The highest BCUT2D eigenvalue weighted by Crippen LogP contribution is 2.32. The predicted octanol–water partition coefficient (Wildman–Crippen LogP) is 7.42. The van der Waals surface area contributed by atoms with Crippen LogP contribution in [0.1, 0.15) is 65.8 Å². The first-order valence-corrected chi connectivity index (χ1v) is 30.4. The van der Waals surface area contributed by atoms with E-state index in [9.17, 15) is 84.3 Å². The van der Waals surface area contributed by atoms with Gasteiger partial charge in [0.2, 0.25) is 0 Å². The molecule has 0 fully saturated rings. The summed E-state index contributed by atoms with van der Waals surface area (Å²) >= 11 is 11.3. The number of primary amides is 1. The van der Waals surface area contributed by atoms with Crippen molar-refractivity contribution in [2.24, 2.45) is 5.73 Å². The molecule has 5 heterocycles. The molecule has 0 spiro atoms. The fraction of sp³-hybridized carbons (Fsp3) is 0.101. The quantitative estimate of drug-likeness (QED) is 0.0201. The molecule has 0 aliphatic carbocycles. The van der Waals surface area contributed by atoms with Crippen molar-refractivity contribution in [2.75, 3.05) is 18.9 Å². The molecule has 35 heteroatoms. The van der Waals surface area contributed by atoms with Gasteiger partial charge in [0.05, 0.1) is 36.0 Å². The number of aromatic nitrogens is 9. The minimum atomic E-state index is -1.45. The van der Waals surface area contributed by atoms with Crippen molar-refractivity contribution in [3.05, 3.63) is 336 Å². The summed E-state index contributed by atoms with van der Waals surface area (Å²) in [5.41, 5.74) is 3.46. The number of rotatable bonds is 19. The monoisotopic (exact) mass is 1480 g/mol. The number of allylic oxidation sites excluding steroid dienone is 3. The van der Waals surface area contributed by atoms with E-state index in [1.54, 1.807) is 13.8 Å². The fourth-order valence-electron chi connectivity index (χ4n) is 8.75. The van der Waals surface area contributed by atoms with Crippen LogP contribution in [0.15, 0.2) is 229 Å². The second-order valence-corrected chi connectivity index (χ2v) is 21.1. The van der Waals surface area contributed by atoms with E-state index < -0.39 is 109 Å². The third kappa shape index (κ3) is 19.7. The average molecular weight is 1480 g/mol. The molecule has 10 rings (SSSR count). The van der Waals surface area contributed by atoms with Gasteiger partial charge in [0, 0.05) is 68.4 Å². The number of nitrogens with zero attached hydrogens (tertiary/aromatic N) is 8. The van der Waals surface area contributed by atoms with Crippen LogP contribution >= 0.6 is 23.2 Å². The van der Waals surface area contributed by atoms with Gasteiger partial charge in [-0.25, -0.2) is 78.8 Å². The zero-order valence-corrected chi connectivity index (χ0v) is 55.7. The van der Waals surface area contributed by atoms with E-state index in [4.69, 9.17) is 54.0 Å². The number of carboxylic acids is 1. The van der Waals surface area contributed by atoms with Crippen molar-refractivity contribution in [1.29, 1.82) is 0 Å². The molecule has 1 amide bonds. The van der Waals surface area contributed by atoms with E-state index in [2.05, 4.69) is 29.7 Å². The van der Waals surface area contributed by atoms with Crippen LogP contribution in [0.3, 0.4) is 0 Å². The highest BCUT2D eigenvalue weighted by atomic mass is 35.5. The summed E-state index contributed by atoms with van der Waals surface area (Å²) in [6.07, 6.45) is 9.77. The maximum Gasteiger partial charge on any atom is 0.345 e. The first-order valence-electron chi connectivity index (χ1n) is 29.7. The molecule has 5 aromatic heterocycles. The zero-order valence-electron chi connectivity index (χ0n) is 54.2. The molecule has 538 valence electrons. The summed E-state index contributed by atoms with van der Waals surface area (Å²) in [4.78, 5) is 161. The molecule has 0 unspecified atom stereocenters. The Bertz CT molecular complexity index is 5300. The molecule has 0 radical (unpaired) electrons. The lowest BCUT2D eigenvalue weighted by molar-refractivity contribution is 0.0513. The average Bonchev–Trinajstić information content (AvgIpc) is 0.802. The number of carbonyl (C=O) groups excluding carboxylic acids is 4. The van der Waals surface area contributed by atoms with Crippen molar-refractivity contribution in [3.8, 4) is 34.2 Å². The lowest BCUT2D eigenvalue weighted by Gasteiger charge is -2.11. The normalized spacial score (nSPS) is 10.3. The second-order valence-electron chi connectivity index (χ2n) is 20.4. The number of nitrogen functional groups attached to an aromatic ring is 1. The zero-order chi connectivity index (χ0) is 76.8. The Labute approximate surface area is 590 Å².